The second kappa shape index (κ2) is 13.1. The van der Waals surface area contributed by atoms with E-state index in [1.807, 2.05) is 0 Å². The number of hydrogen-bond acceptors (Lipinski definition) is 6. The van der Waals surface area contributed by atoms with E-state index in [0.717, 1.165) is 4.90 Å². The zero-order valence-corrected chi connectivity index (χ0v) is 23.5. The van der Waals surface area contributed by atoms with Crippen molar-refractivity contribution < 1.29 is 29.0 Å². The Kier molecular flexibility index (Phi) is 10.5. The number of hydrogen-bond donors (Lipinski definition) is 4. The SMILES string of the molecule is C=CCN(C(=O)C(CC(N)=O)NC(=O)OC(C)(C)C)C(C(=O)Nc1c(C)cccc1Cl)c1ccc(O)c(C)c1. The van der Waals surface area contributed by atoms with Crippen LogP contribution in [0.3, 0.4) is 0 Å². The van der Waals surface area contributed by atoms with Crippen LogP contribution in [0.1, 0.15) is 49.9 Å². The highest BCUT2D eigenvalue weighted by molar-refractivity contribution is 6.34. The fraction of sp³-hybridized carbons (Fsp3) is 0.357. The molecule has 2 atom stereocenters. The number of benzene rings is 2. The van der Waals surface area contributed by atoms with E-state index in [1.165, 1.54) is 18.2 Å². The number of aryl methyl sites for hydroxylation is 2. The van der Waals surface area contributed by atoms with Crippen LogP contribution >= 0.6 is 11.6 Å². The highest BCUT2D eigenvalue weighted by Crippen LogP contribution is 2.31. The molecule has 2 aromatic carbocycles. The number of rotatable bonds is 10. The highest BCUT2D eigenvalue weighted by atomic mass is 35.5. The van der Waals surface area contributed by atoms with Crippen molar-refractivity contribution in [3.63, 3.8) is 0 Å². The molecule has 5 N–H and O–H groups in total. The lowest BCUT2D eigenvalue weighted by molar-refractivity contribution is -0.141. The number of primary amides is 1. The molecule has 0 saturated carbocycles. The Balaban J connectivity index is 2.59. The number of ether oxygens (including phenoxy) is 1. The number of anilines is 1. The van der Waals surface area contributed by atoms with Crippen LogP contribution in [0.2, 0.25) is 5.02 Å². The molecule has 0 saturated heterocycles. The molecule has 0 fully saturated rings. The van der Waals surface area contributed by atoms with Crippen LogP contribution in [0.4, 0.5) is 10.5 Å². The van der Waals surface area contributed by atoms with Crippen LogP contribution in [-0.4, -0.2) is 52.0 Å². The molecule has 11 heteroatoms. The maximum absolute atomic E-state index is 13.9. The Morgan fingerprint density at radius 2 is 1.82 bits per heavy atom. The lowest BCUT2D eigenvalue weighted by Crippen LogP contribution is -2.53. The summed E-state index contributed by atoms with van der Waals surface area (Å²) >= 11 is 6.33. The van der Waals surface area contributed by atoms with Crippen molar-refractivity contribution in [3.8, 4) is 5.75 Å². The molecule has 0 aromatic heterocycles. The molecule has 0 aliphatic heterocycles. The summed E-state index contributed by atoms with van der Waals surface area (Å²) in [4.78, 5) is 53.2. The van der Waals surface area contributed by atoms with E-state index >= 15 is 0 Å². The number of alkyl carbamates (subject to hydrolysis) is 1. The van der Waals surface area contributed by atoms with Crippen molar-refractivity contribution in [2.75, 3.05) is 11.9 Å². The van der Waals surface area contributed by atoms with Crippen LogP contribution in [-0.2, 0) is 19.1 Å². The van der Waals surface area contributed by atoms with Gasteiger partial charge in [0, 0.05) is 6.54 Å². The zero-order valence-electron chi connectivity index (χ0n) is 22.7. The second-order valence-corrected chi connectivity index (χ2v) is 10.4. The smallest absolute Gasteiger partial charge is 0.408 e. The van der Waals surface area contributed by atoms with Crippen molar-refractivity contribution in [2.24, 2.45) is 5.73 Å². The second-order valence-electron chi connectivity index (χ2n) is 10.0. The monoisotopic (exact) mass is 558 g/mol. The maximum atomic E-state index is 13.9. The Labute approximate surface area is 233 Å². The summed E-state index contributed by atoms with van der Waals surface area (Å²) in [5.41, 5.74) is 6.38. The molecule has 2 aromatic rings. The third-order valence-corrected chi connectivity index (χ3v) is 5.88. The predicted molar refractivity (Wildman–Crippen MR) is 149 cm³/mol. The lowest BCUT2D eigenvalue weighted by Gasteiger charge is -2.34. The number of nitrogens with zero attached hydrogens (tertiary/aromatic N) is 1. The summed E-state index contributed by atoms with van der Waals surface area (Å²) in [7, 11) is 0. The van der Waals surface area contributed by atoms with Crippen LogP contribution in [0.25, 0.3) is 0 Å². The molecule has 210 valence electrons. The molecule has 2 rings (SSSR count). The number of amides is 4. The van der Waals surface area contributed by atoms with E-state index in [2.05, 4.69) is 17.2 Å². The lowest BCUT2D eigenvalue weighted by atomic mass is 9.99. The van der Waals surface area contributed by atoms with Gasteiger partial charge in [-0.15, -0.1) is 6.58 Å². The van der Waals surface area contributed by atoms with Crippen molar-refractivity contribution in [1.82, 2.24) is 10.2 Å². The Hall–Kier alpha value is -4.05. The van der Waals surface area contributed by atoms with E-state index in [-0.39, 0.29) is 12.3 Å². The minimum atomic E-state index is -1.44. The van der Waals surface area contributed by atoms with Crippen molar-refractivity contribution >= 4 is 41.1 Å². The number of para-hydroxylation sites is 1. The molecule has 4 amide bonds. The van der Waals surface area contributed by atoms with Gasteiger partial charge >= 0.3 is 6.09 Å². The molecular weight excluding hydrogens is 524 g/mol. The van der Waals surface area contributed by atoms with E-state index in [9.17, 15) is 24.3 Å². The summed E-state index contributed by atoms with van der Waals surface area (Å²) in [6, 6.07) is 6.87. The van der Waals surface area contributed by atoms with Crippen LogP contribution < -0.4 is 16.4 Å². The van der Waals surface area contributed by atoms with E-state index in [0.29, 0.717) is 27.4 Å². The minimum Gasteiger partial charge on any atom is -0.508 e. The van der Waals surface area contributed by atoms with Gasteiger partial charge in [-0.1, -0.05) is 35.9 Å². The minimum absolute atomic E-state index is 0.000323. The number of carbonyl (C=O) groups is 4. The molecule has 0 spiro atoms. The molecule has 0 radical (unpaired) electrons. The number of phenolic OH excluding ortho intramolecular Hbond substituents is 1. The highest BCUT2D eigenvalue weighted by Gasteiger charge is 2.37. The van der Waals surface area contributed by atoms with Gasteiger partial charge in [-0.3, -0.25) is 14.4 Å². The summed E-state index contributed by atoms with van der Waals surface area (Å²) in [5, 5.41) is 15.6. The third-order valence-electron chi connectivity index (χ3n) is 5.57. The molecule has 2 unspecified atom stereocenters. The summed E-state index contributed by atoms with van der Waals surface area (Å²) < 4.78 is 5.25. The van der Waals surface area contributed by atoms with Crippen LogP contribution in [0.5, 0.6) is 5.75 Å². The van der Waals surface area contributed by atoms with E-state index in [1.54, 1.807) is 58.9 Å². The number of aromatic hydroxyl groups is 1. The number of carbonyl (C=O) groups excluding carboxylic acids is 4. The van der Waals surface area contributed by atoms with E-state index < -0.39 is 47.9 Å². The van der Waals surface area contributed by atoms with Gasteiger partial charge in [-0.05, 0) is 69.5 Å². The molecule has 0 aliphatic carbocycles. The molecule has 39 heavy (non-hydrogen) atoms. The average Bonchev–Trinajstić information content (AvgIpc) is 2.81. The first-order valence-corrected chi connectivity index (χ1v) is 12.6. The van der Waals surface area contributed by atoms with Crippen molar-refractivity contribution in [2.45, 2.75) is 58.7 Å². The largest absolute Gasteiger partial charge is 0.508 e. The molecular formula is C28H35ClN4O6. The summed E-state index contributed by atoms with van der Waals surface area (Å²) in [6.07, 6.45) is -0.0759. The first-order valence-electron chi connectivity index (χ1n) is 12.2. The fourth-order valence-electron chi connectivity index (χ4n) is 3.82. The predicted octanol–water partition coefficient (Wildman–Crippen LogP) is 4.13. The van der Waals surface area contributed by atoms with Crippen molar-refractivity contribution in [1.29, 1.82) is 0 Å². The molecule has 0 bridgehead atoms. The number of nitrogens with one attached hydrogen (secondary N) is 2. The third kappa shape index (κ3) is 8.75. The summed E-state index contributed by atoms with van der Waals surface area (Å²) in [5.74, 6) is -2.25. The number of phenols is 1. The molecule has 0 aliphatic rings. The van der Waals surface area contributed by atoms with Gasteiger partial charge in [0.15, 0.2) is 0 Å². The average molecular weight is 559 g/mol. The Morgan fingerprint density at radius 3 is 2.36 bits per heavy atom. The van der Waals surface area contributed by atoms with Gasteiger partial charge in [0.1, 0.15) is 23.4 Å². The van der Waals surface area contributed by atoms with Gasteiger partial charge in [0.05, 0.1) is 17.1 Å². The Bertz CT molecular complexity index is 1240. The zero-order chi connectivity index (χ0) is 29.5. The molecule has 0 heterocycles. The fourth-order valence-corrected chi connectivity index (χ4v) is 4.09. The summed E-state index contributed by atoms with van der Waals surface area (Å²) in [6.45, 7) is 11.9. The molecule has 10 nitrogen and oxygen atoms in total. The number of halogens is 1. The van der Waals surface area contributed by atoms with Gasteiger partial charge in [0.25, 0.3) is 5.91 Å². The van der Waals surface area contributed by atoms with E-state index in [4.69, 9.17) is 22.1 Å². The van der Waals surface area contributed by atoms with Crippen LogP contribution in [0.15, 0.2) is 49.1 Å². The first-order chi connectivity index (χ1) is 18.1. The first kappa shape index (κ1) is 31.2. The van der Waals surface area contributed by atoms with Gasteiger partial charge < -0.3 is 31.1 Å². The number of nitrogens with two attached hydrogens (primary N) is 1. The Morgan fingerprint density at radius 1 is 1.15 bits per heavy atom. The normalized spacial score (nSPS) is 12.6. The van der Waals surface area contributed by atoms with Gasteiger partial charge in [-0.2, -0.15) is 0 Å². The van der Waals surface area contributed by atoms with Crippen LogP contribution in [0, 0.1) is 13.8 Å². The van der Waals surface area contributed by atoms with Gasteiger partial charge in [-0.25, -0.2) is 4.79 Å². The van der Waals surface area contributed by atoms with Crippen molar-refractivity contribution in [3.05, 3.63) is 70.8 Å². The maximum Gasteiger partial charge on any atom is 0.408 e. The quantitative estimate of drug-likeness (QED) is 0.322. The topological polar surface area (TPSA) is 151 Å². The van der Waals surface area contributed by atoms with Gasteiger partial charge in [0.2, 0.25) is 11.8 Å². The standard InChI is InChI=1S/C28H35ClN4O6/c1-7-13-33(26(37)20(15-22(30)35)31-27(38)39-28(4,5)6)24(18-11-12-21(34)17(3)14-18)25(36)32-23-16(2)9-8-10-19(23)29/h7-12,14,20,24,34H,1,13,15H2,2-6H3,(H2,30,35)(H,31,38)(H,32,36).